The number of carbonyl (C=O) groups excluding carboxylic acids is 2. The van der Waals surface area contributed by atoms with Crippen LogP contribution in [0.1, 0.15) is 297 Å². The van der Waals surface area contributed by atoms with Gasteiger partial charge in [-0.25, -0.2) is 0 Å². The first-order valence-corrected chi connectivity index (χ1v) is 32.3. The summed E-state index contributed by atoms with van der Waals surface area (Å²) in [7, 11) is 1.19. The second-order valence-corrected chi connectivity index (χ2v) is 23.6. The summed E-state index contributed by atoms with van der Waals surface area (Å²) in [6.07, 6.45) is 62.4. The number of hydrogen-bond acceptors (Lipinski definition) is 7. The van der Waals surface area contributed by atoms with Crippen molar-refractivity contribution in [2.75, 3.05) is 40.9 Å². The maximum atomic E-state index is 13.5. The molecule has 10 heteroatoms. The summed E-state index contributed by atoms with van der Waals surface area (Å²) in [5.41, 5.74) is 0. The maximum Gasteiger partial charge on any atom is 0.306 e. The lowest BCUT2D eigenvalue weighted by molar-refractivity contribution is -0.870. The summed E-state index contributed by atoms with van der Waals surface area (Å²) < 4.78 is 30.3. The number of phosphoric acid groups is 1. The van der Waals surface area contributed by atoms with Gasteiger partial charge in [-0.05, 0) is 63.9 Å². The van der Waals surface area contributed by atoms with Crippen LogP contribution >= 0.6 is 7.82 Å². The quantitative estimate of drug-likeness (QED) is 0.0212. The van der Waals surface area contributed by atoms with E-state index in [0.29, 0.717) is 17.4 Å². The highest BCUT2D eigenvalue weighted by molar-refractivity contribution is 7.45. The van der Waals surface area contributed by atoms with Gasteiger partial charge in [0.2, 0.25) is 5.91 Å². The SMILES string of the molecule is CCCCC/C=C\C/C=C\CCCCCCCCCCCC(=O)OC(/C=C/CCCCCCCCCCC)C(COP(=O)([O-])OCC[N+](C)(C)C)NC(=O)CCCCCCCCCCCCCCCCCC. The Balaban J connectivity index is 5.21. The number of nitrogens with one attached hydrogen (secondary N) is 1. The lowest BCUT2D eigenvalue weighted by atomic mass is 10.0. The topological polar surface area (TPSA) is 114 Å². The summed E-state index contributed by atoms with van der Waals surface area (Å²) in [5, 5.41) is 3.03. The average Bonchev–Trinajstić information content (AvgIpc) is 3.34. The van der Waals surface area contributed by atoms with E-state index >= 15 is 0 Å². The Morgan fingerprint density at radius 3 is 1.28 bits per heavy atom. The Morgan fingerprint density at radius 2 is 0.847 bits per heavy atom. The minimum absolute atomic E-state index is 0.0206. The fourth-order valence-electron chi connectivity index (χ4n) is 9.02. The number of esters is 1. The molecule has 0 heterocycles. The van der Waals surface area contributed by atoms with Gasteiger partial charge in [0.05, 0.1) is 33.8 Å². The van der Waals surface area contributed by atoms with E-state index in [0.717, 1.165) is 64.2 Å². The van der Waals surface area contributed by atoms with Crippen LogP contribution in [0.15, 0.2) is 36.5 Å². The number of ether oxygens (including phenoxy) is 1. The van der Waals surface area contributed by atoms with E-state index in [4.69, 9.17) is 13.8 Å². The van der Waals surface area contributed by atoms with Crippen molar-refractivity contribution in [1.29, 1.82) is 0 Å². The number of likely N-dealkylation sites (N-methyl/N-ethyl adjacent to an activating group) is 1. The van der Waals surface area contributed by atoms with Crippen LogP contribution in [0, 0.1) is 0 Å². The number of allylic oxidation sites excluding steroid dienone is 5. The Morgan fingerprint density at radius 1 is 0.486 bits per heavy atom. The lowest BCUT2D eigenvalue weighted by Crippen LogP contribution is -2.47. The highest BCUT2D eigenvalue weighted by atomic mass is 31.2. The normalized spacial score (nSPS) is 13.9. The maximum absolute atomic E-state index is 13.5. The van der Waals surface area contributed by atoms with E-state index < -0.39 is 20.0 Å². The number of rotatable bonds is 56. The highest BCUT2D eigenvalue weighted by Gasteiger charge is 2.27. The van der Waals surface area contributed by atoms with E-state index in [2.05, 4.69) is 50.4 Å². The van der Waals surface area contributed by atoms with Gasteiger partial charge in [0.25, 0.3) is 7.82 Å². The number of nitrogens with zero attached hydrogens (tertiary/aromatic N) is 1. The van der Waals surface area contributed by atoms with Crippen molar-refractivity contribution in [3.63, 3.8) is 0 Å². The first kappa shape index (κ1) is 70.2. The summed E-state index contributed by atoms with van der Waals surface area (Å²) in [6.45, 7) is 6.84. The van der Waals surface area contributed by atoms with Gasteiger partial charge in [0, 0.05) is 12.8 Å². The van der Waals surface area contributed by atoms with E-state index in [1.165, 1.54) is 199 Å². The molecular weight excluding hydrogens is 916 g/mol. The molecule has 0 fully saturated rings. The van der Waals surface area contributed by atoms with E-state index in [1.807, 2.05) is 33.3 Å². The van der Waals surface area contributed by atoms with Gasteiger partial charge in [-0.3, -0.25) is 14.2 Å². The number of hydrogen-bond donors (Lipinski definition) is 1. The van der Waals surface area contributed by atoms with Gasteiger partial charge in [-0.15, -0.1) is 0 Å². The number of unbranched alkanes of at least 4 members (excludes halogenated alkanes) is 36. The monoisotopic (exact) mass is 1030 g/mol. The van der Waals surface area contributed by atoms with Crippen LogP contribution in [0.5, 0.6) is 0 Å². The van der Waals surface area contributed by atoms with Gasteiger partial charge in [0.1, 0.15) is 19.3 Å². The standard InChI is InChI=1S/C62H119N2O7P/c1-7-10-13-16-19-22-25-27-29-31-32-33-35-37-40-43-46-49-52-55-62(66)71-60(53-50-47-44-41-38-24-21-18-15-12-9-3)59(58-70-72(67,68)69-57-56-64(4,5)6)63-61(65)54-51-48-45-42-39-36-34-30-28-26-23-20-17-14-11-8-2/h19,22,27,29,50,53,59-60H,7-18,20-21,23-26,28,30-49,51-52,54-58H2,1-6H3,(H-,63,65,67,68)/b22-19-,29-27-,53-50+. The molecule has 0 rings (SSSR count). The third kappa shape index (κ3) is 53.1. The van der Waals surface area contributed by atoms with Crippen LogP contribution in [0.4, 0.5) is 0 Å². The Labute approximate surface area is 446 Å². The third-order valence-electron chi connectivity index (χ3n) is 13.8. The molecule has 0 saturated carbocycles. The summed E-state index contributed by atoms with van der Waals surface area (Å²) >= 11 is 0. The summed E-state index contributed by atoms with van der Waals surface area (Å²) in [5.74, 6) is -0.534. The molecule has 424 valence electrons. The predicted molar refractivity (Wildman–Crippen MR) is 307 cm³/mol. The second kappa shape index (κ2) is 52.7. The summed E-state index contributed by atoms with van der Waals surface area (Å²) in [6, 6.07) is -0.885. The van der Waals surface area contributed by atoms with Crippen molar-refractivity contribution < 1.29 is 37.3 Å². The molecule has 3 atom stereocenters. The smallest absolute Gasteiger partial charge is 0.306 e. The highest BCUT2D eigenvalue weighted by Crippen LogP contribution is 2.38. The molecule has 0 aromatic carbocycles. The van der Waals surface area contributed by atoms with Crippen molar-refractivity contribution in [1.82, 2.24) is 5.32 Å². The van der Waals surface area contributed by atoms with Gasteiger partial charge in [-0.1, -0.05) is 257 Å². The van der Waals surface area contributed by atoms with Gasteiger partial charge < -0.3 is 28.5 Å². The average molecular weight is 1040 g/mol. The number of amides is 1. The molecule has 3 unspecified atom stereocenters. The zero-order valence-corrected chi connectivity index (χ0v) is 49.3. The molecule has 9 nitrogen and oxygen atoms in total. The zero-order valence-electron chi connectivity index (χ0n) is 48.4. The minimum Gasteiger partial charge on any atom is -0.756 e. The Bertz CT molecular complexity index is 1330. The molecule has 0 saturated heterocycles. The van der Waals surface area contributed by atoms with E-state index in [-0.39, 0.29) is 31.5 Å². The van der Waals surface area contributed by atoms with Gasteiger partial charge in [0.15, 0.2) is 0 Å². The van der Waals surface area contributed by atoms with Crippen LogP contribution in [0.2, 0.25) is 0 Å². The largest absolute Gasteiger partial charge is 0.756 e. The molecule has 1 amide bonds. The van der Waals surface area contributed by atoms with E-state index in [9.17, 15) is 19.0 Å². The van der Waals surface area contributed by atoms with Crippen LogP contribution in [-0.2, 0) is 27.9 Å². The van der Waals surface area contributed by atoms with Crippen molar-refractivity contribution in [2.24, 2.45) is 0 Å². The molecule has 72 heavy (non-hydrogen) atoms. The van der Waals surface area contributed by atoms with Crippen molar-refractivity contribution in [3.8, 4) is 0 Å². The Kier molecular flexibility index (Phi) is 51.4. The summed E-state index contributed by atoms with van der Waals surface area (Å²) in [4.78, 5) is 39.9. The first-order valence-electron chi connectivity index (χ1n) is 30.8. The molecule has 0 bridgehead atoms. The number of phosphoric ester groups is 1. The zero-order chi connectivity index (χ0) is 52.9. The molecule has 0 spiro atoms. The van der Waals surface area contributed by atoms with Crippen LogP contribution in [-0.4, -0.2) is 69.4 Å². The predicted octanol–water partition coefficient (Wildman–Crippen LogP) is 18.1. The fourth-order valence-corrected chi connectivity index (χ4v) is 9.75. The van der Waals surface area contributed by atoms with Crippen molar-refractivity contribution in [2.45, 2.75) is 309 Å². The molecule has 0 aromatic rings. The van der Waals surface area contributed by atoms with Crippen LogP contribution in [0.25, 0.3) is 0 Å². The molecule has 0 aliphatic carbocycles. The molecule has 1 N–H and O–H groups in total. The number of quaternary nitrogens is 1. The first-order chi connectivity index (χ1) is 34.9. The minimum atomic E-state index is -4.69. The molecule has 0 aromatic heterocycles. The number of carbonyl (C=O) groups is 2. The van der Waals surface area contributed by atoms with Gasteiger partial charge in [-0.2, -0.15) is 0 Å². The fraction of sp³-hybridized carbons (Fsp3) is 0.871. The van der Waals surface area contributed by atoms with Gasteiger partial charge >= 0.3 is 5.97 Å². The van der Waals surface area contributed by atoms with Crippen LogP contribution in [0.3, 0.4) is 0 Å². The molecule has 0 radical (unpaired) electrons. The molecule has 0 aliphatic heterocycles. The van der Waals surface area contributed by atoms with Crippen molar-refractivity contribution in [3.05, 3.63) is 36.5 Å². The second-order valence-electron chi connectivity index (χ2n) is 22.2. The van der Waals surface area contributed by atoms with Crippen LogP contribution < -0.4 is 10.2 Å². The lowest BCUT2D eigenvalue weighted by Gasteiger charge is -2.30. The van der Waals surface area contributed by atoms with E-state index in [1.54, 1.807) is 0 Å². The molecular formula is C62H119N2O7P. The molecule has 0 aliphatic rings. The third-order valence-corrected chi connectivity index (χ3v) is 14.8. The van der Waals surface area contributed by atoms with Crippen molar-refractivity contribution >= 4 is 19.7 Å². The Hall–Kier alpha value is -1.77.